The van der Waals surface area contributed by atoms with Gasteiger partial charge in [-0.15, -0.1) is 0 Å². The van der Waals surface area contributed by atoms with Gasteiger partial charge in [-0.3, -0.25) is 9.69 Å². The van der Waals surface area contributed by atoms with E-state index in [9.17, 15) is 4.79 Å². The van der Waals surface area contributed by atoms with Crippen LogP contribution in [-0.4, -0.2) is 67.1 Å². The summed E-state index contributed by atoms with van der Waals surface area (Å²) in [7, 11) is 4.40. The molecule has 5 fully saturated rings. The third kappa shape index (κ3) is 3.99. The van der Waals surface area contributed by atoms with Crippen molar-refractivity contribution in [2.24, 2.45) is 40.9 Å². The van der Waals surface area contributed by atoms with Crippen molar-refractivity contribution in [3.05, 3.63) is 11.1 Å². The molecule has 0 bridgehead atoms. The zero-order chi connectivity index (χ0) is 25.4. The van der Waals surface area contributed by atoms with Crippen LogP contribution in [0.3, 0.4) is 0 Å². The van der Waals surface area contributed by atoms with Crippen LogP contribution in [0.1, 0.15) is 91.9 Å². The molecule has 202 valence electrons. The van der Waals surface area contributed by atoms with E-state index >= 15 is 0 Å². The van der Waals surface area contributed by atoms with E-state index < -0.39 is 0 Å². The Morgan fingerprint density at radius 2 is 1.92 bits per heavy atom. The standard InChI is InChI=1S/C32H52N2O2/c1-20-15-29-30(34(19-20)14-13-33(5)6)22(3)32(36-29)12-10-25-26-8-7-23-16-24(35)9-11-31(23,4)28(26)17-27(25)21(2)18-32/h20,22-23,25-26,28-30H,7-19H2,1-6H3/t20-,22+,23?,25-,26-,28-,29+,30-,31-,32-/m0/s1. The second-order valence-electron chi connectivity index (χ2n) is 14.8. The summed E-state index contributed by atoms with van der Waals surface area (Å²) >= 11 is 0. The molecule has 0 amide bonds. The molecule has 4 aliphatic carbocycles. The second kappa shape index (κ2) is 9.19. The lowest BCUT2D eigenvalue weighted by molar-refractivity contribution is -0.129. The Morgan fingerprint density at radius 1 is 1.11 bits per heavy atom. The summed E-state index contributed by atoms with van der Waals surface area (Å²) in [6.07, 6.45) is 12.1. The maximum atomic E-state index is 12.3. The minimum Gasteiger partial charge on any atom is -0.369 e. The van der Waals surface area contributed by atoms with Crippen LogP contribution in [0.25, 0.3) is 0 Å². The van der Waals surface area contributed by atoms with E-state index in [1.807, 2.05) is 5.57 Å². The molecule has 6 rings (SSSR count). The molecule has 0 aromatic rings. The Labute approximate surface area is 220 Å². The van der Waals surface area contributed by atoms with Crippen LogP contribution >= 0.6 is 0 Å². The van der Waals surface area contributed by atoms with Gasteiger partial charge in [0.1, 0.15) is 5.78 Å². The Balaban J connectivity index is 1.25. The minimum absolute atomic E-state index is 0.0328. The first-order valence-corrected chi connectivity index (χ1v) is 15.4. The molecule has 4 heteroatoms. The van der Waals surface area contributed by atoms with Gasteiger partial charge >= 0.3 is 0 Å². The van der Waals surface area contributed by atoms with Crippen molar-refractivity contribution in [2.75, 3.05) is 33.7 Å². The number of hydrogen-bond acceptors (Lipinski definition) is 4. The number of ketones is 1. The number of Topliss-reactive ketones (excluding diaryl/α,β-unsaturated/α-hetero) is 1. The minimum atomic E-state index is 0.0328. The number of rotatable bonds is 3. The molecule has 4 nitrogen and oxygen atoms in total. The molecule has 6 aliphatic rings. The first-order chi connectivity index (χ1) is 17.1. The van der Waals surface area contributed by atoms with Gasteiger partial charge < -0.3 is 9.64 Å². The van der Waals surface area contributed by atoms with Crippen LogP contribution in [0.4, 0.5) is 0 Å². The highest BCUT2D eigenvalue weighted by Gasteiger charge is 2.60. The van der Waals surface area contributed by atoms with Gasteiger partial charge in [0.2, 0.25) is 0 Å². The molecule has 0 N–H and O–H groups in total. The van der Waals surface area contributed by atoms with Gasteiger partial charge in [0.25, 0.3) is 0 Å². The Bertz CT molecular complexity index is 912. The summed E-state index contributed by atoms with van der Waals surface area (Å²) in [5, 5.41) is 0. The van der Waals surface area contributed by atoms with Crippen molar-refractivity contribution in [2.45, 2.75) is 110 Å². The molecule has 10 atom stereocenters. The quantitative estimate of drug-likeness (QED) is 0.452. The van der Waals surface area contributed by atoms with Gasteiger partial charge in [0.15, 0.2) is 0 Å². The van der Waals surface area contributed by atoms with Gasteiger partial charge in [0.05, 0.1) is 11.7 Å². The van der Waals surface area contributed by atoms with E-state index in [0.717, 1.165) is 62.4 Å². The number of nitrogens with zero attached hydrogens (tertiary/aromatic N) is 2. The SMILES string of the molecule is CC1=C2C[C@H]3[C@@H](CCC4CC(=O)CC[C@@]43C)[C@@H]2CC[C@@]2(C1)O[C@@H]1C[C@H](C)CN(CCN(C)C)[C@H]1[C@H]2C. The van der Waals surface area contributed by atoms with Crippen molar-refractivity contribution >= 4 is 5.78 Å². The first-order valence-electron chi connectivity index (χ1n) is 15.4. The van der Waals surface area contributed by atoms with E-state index in [4.69, 9.17) is 4.74 Å². The van der Waals surface area contributed by atoms with Crippen LogP contribution in [-0.2, 0) is 9.53 Å². The molecule has 36 heavy (non-hydrogen) atoms. The predicted octanol–water partition coefficient (Wildman–Crippen LogP) is 5.95. The highest BCUT2D eigenvalue weighted by molar-refractivity contribution is 5.79. The number of carbonyl (C=O) groups excluding carboxylic acids is 1. The lowest BCUT2D eigenvalue weighted by Crippen LogP contribution is -2.53. The average Bonchev–Trinajstić information content (AvgIpc) is 3.28. The first kappa shape index (κ1) is 25.6. The molecule has 2 saturated heterocycles. The zero-order valence-electron chi connectivity index (χ0n) is 24.0. The number of likely N-dealkylation sites (N-methyl/N-ethyl adjacent to an activating group) is 1. The largest absolute Gasteiger partial charge is 0.369 e. The van der Waals surface area contributed by atoms with Crippen molar-refractivity contribution in [3.8, 4) is 0 Å². The highest BCUT2D eigenvalue weighted by atomic mass is 16.5. The summed E-state index contributed by atoms with van der Waals surface area (Å²) in [5.41, 5.74) is 3.93. The fourth-order valence-electron chi connectivity index (χ4n) is 10.6. The molecule has 0 radical (unpaired) electrons. The van der Waals surface area contributed by atoms with Gasteiger partial charge in [-0.2, -0.15) is 0 Å². The topological polar surface area (TPSA) is 32.8 Å². The fourth-order valence-corrected chi connectivity index (χ4v) is 10.6. The number of carbonyl (C=O) groups is 1. The van der Waals surface area contributed by atoms with Gasteiger partial charge in [-0.1, -0.05) is 31.9 Å². The van der Waals surface area contributed by atoms with Crippen LogP contribution in [0.15, 0.2) is 11.1 Å². The van der Waals surface area contributed by atoms with Crippen LogP contribution in [0, 0.1) is 40.9 Å². The molecular formula is C32H52N2O2. The molecule has 1 spiro atoms. The number of ether oxygens (including phenoxy) is 1. The molecule has 1 unspecified atom stereocenters. The maximum absolute atomic E-state index is 12.3. The van der Waals surface area contributed by atoms with E-state index in [-0.39, 0.29) is 5.60 Å². The van der Waals surface area contributed by atoms with Gasteiger partial charge in [-0.05, 0) is 107 Å². The van der Waals surface area contributed by atoms with Crippen LogP contribution in [0.5, 0.6) is 0 Å². The van der Waals surface area contributed by atoms with Crippen LogP contribution < -0.4 is 0 Å². The molecular weight excluding hydrogens is 444 g/mol. The molecule has 0 aromatic carbocycles. The molecule has 2 heterocycles. The van der Waals surface area contributed by atoms with Crippen molar-refractivity contribution in [1.29, 1.82) is 0 Å². The number of fused-ring (bicyclic) bond motifs is 6. The van der Waals surface area contributed by atoms with Crippen molar-refractivity contribution in [3.63, 3.8) is 0 Å². The summed E-state index contributed by atoms with van der Waals surface area (Å²) in [6, 6.07) is 0.582. The average molecular weight is 497 g/mol. The summed E-state index contributed by atoms with van der Waals surface area (Å²) in [4.78, 5) is 17.4. The molecule has 3 saturated carbocycles. The Kier molecular flexibility index (Phi) is 6.53. The van der Waals surface area contributed by atoms with E-state index in [0.29, 0.717) is 35.2 Å². The smallest absolute Gasteiger partial charge is 0.133 e. The highest BCUT2D eigenvalue weighted by Crippen LogP contribution is 2.65. The van der Waals surface area contributed by atoms with E-state index in [1.54, 1.807) is 5.57 Å². The normalized spacial score (nSPS) is 49.1. The van der Waals surface area contributed by atoms with Crippen LogP contribution in [0.2, 0.25) is 0 Å². The van der Waals surface area contributed by atoms with Crippen molar-refractivity contribution < 1.29 is 9.53 Å². The zero-order valence-corrected chi connectivity index (χ0v) is 24.0. The number of piperidine rings is 1. The Morgan fingerprint density at radius 3 is 2.69 bits per heavy atom. The number of likely N-dealkylation sites (tertiary alicyclic amines) is 1. The van der Waals surface area contributed by atoms with Gasteiger partial charge in [0, 0.05) is 44.4 Å². The molecule has 0 aromatic heterocycles. The van der Waals surface area contributed by atoms with E-state index in [1.165, 1.54) is 45.1 Å². The van der Waals surface area contributed by atoms with Gasteiger partial charge in [-0.25, -0.2) is 0 Å². The fraction of sp³-hybridized carbons (Fsp3) is 0.906. The third-order valence-corrected chi connectivity index (χ3v) is 12.5. The third-order valence-electron chi connectivity index (χ3n) is 12.5. The number of allylic oxidation sites excluding steroid dienone is 1. The Hall–Kier alpha value is -0.710. The summed E-state index contributed by atoms with van der Waals surface area (Å²) < 4.78 is 7.26. The lowest BCUT2D eigenvalue weighted by Gasteiger charge is -2.52. The predicted molar refractivity (Wildman–Crippen MR) is 146 cm³/mol. The molecule has 2 aliphatic heterocycles. The summed E-state index contributed by atoms with van der Waals surface area (Å²) in [5.74, 6) is 4.91. The number of hydrogen-bond donors (Lipinski definition) is 0. The lowest BCUT2D eigenvalue weighted by atomic mass is 9.52. The maximum Gasteiger partial charge on any atom is 0.133 e. The second-order valence-corrected chi connectivity index (χ2v) is 14.8. The van der Waals surface area contributed by atoms with E-state index in [2.05, 4.69) is 51.6 Å². The van der Waals surface area contributed by atoms with Crippen molar-refractivity contribution in [1.82, 2.24) is 9.80 Å². The summed E-state index contributed by atoms with van der Waals surface area (Å²) in [6.45, 7) is 13.5. The monoisotopic (exact) mass is 496 g/mol.